The standard InChI is InChI=1S/C11H16N2O/c1-7(2)11-9(12)5-13-6-10(11)14-8-3-4-8/h5-8H,3-4,12H2,1-2H3. The van der Waals surface area contributed by atoms with Crippen molar-refractivity contribution < 1.29 is 4.74 Å². The Morgan fingerprint density at radius 2 is 2.14 bits per heavy atom. The number of hydrogen-bond donors (Lipinski definition) is 1. The lowest BCUT2D eigenvalue weighted by atomic mass is 10.0. The zero-order valence-corrected chi connectivity index (χ0v) is 8.66. The highest BCUT2D eigenvalue weighted by atomic mass is 16.5. The van der Waals surface area contributed by atoms with Gasteiger partial charge in [-0.1, -0.05) is 13.8 Å². The van der Waals surface area contributed by atoms with Gasteiger partial charge in [0.15, 0.2) is 0 Å². The lowest BCUT2D eigenvalue weighted by molar-refractivity contribution is 0.298. The molecule has 3 heteroatoms. The van der Waals surface area contributed by atoms with Gasteiger partial charge in [0.05, 0.1) is 24.2 Å². The van der Waals surface area contributed by atoms with Crippen LogP contribution in [0, 0.1) is 0 Å². The lowest BCUT2D eigenvalue weighted by Gasteiger charge is -2.14. The van der Waals surface area contributed by atoms with Crippen LogP contribution in [0.2, 0.25) is 0 Å². The van der Waals surface area contributed by atoms with Crippen LogP contribution in [-0.2, 0) is 0 Å². The summed E-state index contributed by atoms with van der Waals surface area (Å²) in [5.74, 6) is 1.24. The van der Waals surface area contributed by atoms with Gasteiger partial charge < -0.3 is 10.5 Å². The topological polar surface area (TPSA) is 48.1 Å². The lowest BCUT2D eigenvalue weighted by Crippen LogP contribution is -2.05. The monoisotopic (exact) mass is 192 g/mol. The number of rotatable bonds is 3. The highest BCUT2D eigenvalue weighted by molar-refractivity contribution is 5.53. The van der Waals surface area contributed by atoms with Gasteiger partial charge in [-0.05, 0) is 18.8 Å². The predicted octanol–water partition coefficient (Wildman–Crippen LogP) is 2.33. The summed E-state index contributed by atoms with van der Waals surface area (Å²) in [6.45, 7) is 4.23. The summed E-state index contributed by atoms with van der Waals surface area (Å²) in [7, 11) is 0. The minimum absolute atomic E-state index is 0.381. The summed E-state index contributed by atoms with van der Waals surface area (Å²) >= 11 is 0. The molecule has 1 aliphatic carbocycles. The van der Waals surface area contributed by atoms with E-state index < -0.39 is 0 Å². The van der Waals surface area contributed by atoms with Crippen LogP contribution in [0.25, 0.3) is 0 Å². The predicted molar refractivity (Wildman–Crippen MR) is 56.4 cm³/mol. The summed E-state index contributed by atoms with van der Waals surface area (Å²) in [4.78, 5) is 4.06. The van der Waals surface area contributed by atoms with Crippen molar-refractivity contribution >= 4 is 5.69 Å². The van der Waals surface area contributed by atoms with Gasteiger partial charge in [0, 0.05) is 5.56 Å². The van der Waals surface area contributed by atoms with E-state index >= 15 is 0 Å². The molecule has 2 N–H and O–H groups in total. The van der Waals surface area contributed by atoms with Gasteiger partial charge in [0.1, 0.15) is 5.75 Å². The average molecular weight is 192 g/mol. The molecule has 0 bridgehead atoms. The Hall–Kier alpha value is -1.25. The van der Waals surface area contributed by atoms with E-state index in [1.54, 1.807) is 12.4 Å². The number of nitrogen functional groups attached to an aromatic ring is 1. The Labute approximate surface area is 84.3 Å². The van der Waals surface area contributed by atoms with E-state index in [4.69, 9.17) is 10.5 Å². The first-order valence-electron chi connectivity index (χ1n) is 5.08. The van der Waals surface area contributed by atoms with Crippen molar-refractivity contribution in [2.45, 2.75) is 38.7 Å². The van der Waals surface area contributed by atoms with E-state index in [1.165, 1.54) is 0 Å². The minimum atomic E-state index is 0.381. The van der Waals surface area contributed by atoms with Gasteiger partial charge in [0.2, 0.25) is 0 Å². The van der Waals surface area contributed by atoms with E-state index in [-0.39, 0.29) is 0 Å². The first-order valence-corrected chi connectivity index (χ1v) is 5.08. The molecule has 0 aromatic carbocycles. The largest absolute Gasteiger partial charge is 0.488 e. The Bertz CT molecular complexity index is 332. The summed E-state index contributed by atoms with van der Waals surface area (Å²) in [5, 5.41) is 0. The highest BCUT2D eigenvalue weighted by Crippen LogP contribution is 2.34. The van der Waals surface area contributed by atoms with Crippen molar-refractivity contribution in [2.75, 3.05) is 5.73 Å². The molecule has 3 nitrogen and oxygen atoms in total. The van der Waals surface area contributed by atoms with Crippen molar-refractivity contribution in [3.05, 3.63) is 18.0 Å². The second-order valence-electron chi connectivity index (χ2n) is 4.11. The fourth-order valence-corrected chi connectivity index (χ4v) is 1.54. The van der Waals surface area contributed by atoms with Crippen LogP contribution in [0.3, 0.4) is 0 Å². The van der Waals surface area contributed by atoms with Crippen molar-refractivity contribution in [1.29, 1.82) is 0 Å². The minimum Gasteiger partial charge on any atom is -0.488 e. The maximum Gasteiger partial charge on any atom is 0.143 e. The summed E-state index contributed by atoms with van der Waals surface area (Å²) < 4.78 is 5.76. The van der Waals surface area contributed by atoms with E-state index in [2.05, 4.69) is 18.8 Å². The third-order valence-corrected chi connectivity index (χ3v) is 2.38. The summed E-state index contributed by atoms with van der Waals surface area (Å²) in [5.41, 5.74) is 7.70. The molecule has 0 aliphatic heterocycles. The molecule has 2 rings (SSSR count). The second kappa shape index (κ2) is 3.48. The summed E-state index contributed by atoms with van der Waals surface area (Å²) in [6.07, 6.45) is 6.17. The van der Waals surface area contributed by atoms with Crippen LogP contribution in [0.4, 0.5) is 5.69 Å². The maximum absolute atomic E-state index is 5.88. The SMILES string of the molecule is CC(C)c1c(N)cncc1OC1CC1. The van der Waals surface area contributed by atoms with Crippen LogP contribution >= 0.6 is 0 Å². The number of aromatic nitrogens is 1. The van der Waals surface area contributed by atoms with Crippen LogP contribution < -0.4 is 10.5 Å². The molecule has 0 atom stereocenters. The van der Waals surface area contributed by atoms with Crippen molar-refractivity contribution in [2.24, 2.45) is 0 Å². The van der Waals surface area contributed by atoms with Crippen molar-refractivity contribution in [3.8, 4) is 5.75 Å². The molecule has 0 saturated heterocycles. The van der Waals surface area contributed by atoms with Gasteiger partial charge in [-0.2, -0.15) is 0 Å². The highest BCUT2D eigenvalue weighted by Gasteiger charge is 2.25. The molecule has 1 heterocycles. The third-order valence-electron chi connectivity index (χ3n) is 2.38. The van der Waals surface area contributed by atoms with Crippen molar-refractivity contribution in [3.63, 3.8) is 0 Å². The average Bonchev–Trinajstić information content (AvgIpc) is 2.87. The zero-order chi connectivity index (χ0) is 10.1. The van der Waals surface area contributed by atoms with E-state index in [0.717, 1.165) is 29.8 Å². The first kappa shape index (κ1) is 9.31. The molecular formula is C11H16N2O. The molecule has 0 spiro atoms. The van der Waals surface area contributed by atoms with Crippen LogP contribution in [0.5, 0.6) is 5.75 Å². The summed E-state index contributed by atoms with van der Waals surface area (Å²) in [6, 6.07) is 0. The van der Waals surface area contributed by atoms with Crippen LogP contribution in [-0.4, -0.2) is 11.1 Å². The van der Waals surface area contributed by atoms with Gasteiger partial charge in [-0.15, -0.1) is 0 Å². The fraction of sp³-hybridized carbons (Fsp3) is 0.545. The van der Waals surface area contributed by atoms with Crippen molar-refractivity contribution in [1.82, 2.24) is 4.98 Å². The van der Waals surface area contributed by atoms with E-state index in [0.29, 0.717) is 12.0 Å². The molecule has 1 saturated carbocycles. The number of nitrogens with two attached hydrogens (primary N) is 1. The van der Waals surface area contributed by atoms with Crippen LogP contribution in [0.15, 0.2) is 12.4 Å². The molecule has 1 aliphatic rings. The zero-order valence-electron chi connectivity index (χ0n) is 8.66. The molecule has 14 heavy (non-hydrogen) atoms. The molecule has 1 fully saturated rings. The number of nitrogens with zero attached hydrogens (tertiary/aromatic N) is 1. The fourth-order valence-electron chi connectivity index (χ4n) is 1.54. The molecule has 0 unspecified atom stereocenters. The normalized spacial score (nSPS) is 15.9. The van der Waals surface area contributed by atoms with E-state index in [9.17, 15) is 0 Å². The van der Waals surface area contributed by atoms with E-state index in [1.807, 2.05) is 0 Å². The molecule has 0 radical (unpaired) electrons. The third kappa shape index (κ3) is 1.81. The number of anilines is 1. The molecule has 76 valence electrons. The van der Waals surface area contributed by atoms with Gasteiger partial charge >= 0.3 is 0 Å². The van der Waals surface area contributed by atoms with Crippen LogP contribution in [0.1, 0.15) is 38.2 Å². The van der Waals surface area contributed by atoms with Gasteiger partial charge in [-0.3, -0.25) is 4.98 Å². The number of hydrogen-bond acceptors (Lipinski definition) is 3. The first-order chi connectivity index (χ1) is 6.68. The van der Waals surface area contributed by atoms with Gasteiger partial charge in [0.25, 0.3) is 0 Å². The van der Waals surface area contributed by atoms with Gasteiger partial charge in [-0.25, -0.2) is 0 Å². The molecule has 0 amide bonds. The Morgan fingerprint density at radius 3 is 2.71 bits per heavy atom. The smallest absolute Gasteiger partial charge is 0.143 e. The Kier molecular flexibility index (Phi) is 2.32. The number of ether oxygens (including phenoxy) is 1. The maximum atomic E-state index is 5.88. The molecule has 1 aromatic heterocycles. The Morgan fingerprint density at radius 1 is 1.43 bits per heavy atom. The Balaban J connectivity index is 2.30. The quantitative estimate of drug-likeness (QED) is 0.799. The molecular weight excluding hydrogens is 176 g/mol. The second-order valence-corrected chi connectivity index (χ2v) is 4.11. The molecule has 1 aromatic rings. The number of pyridine rings is 1.